The second-order valence-electron chi connectivity index (χ2n) is 5.17. The number of aryl methyl sites for hydroxylation is 1. The lowest BCUT2D eigenvalue weighted by Crippen LogP contribution is -1.94. The van der Waals surface area contributed by atoms with Gasteiger partial charge in [-0.3, -0.25) is 4.99 Å². The predicted octanol–water partition coefficient (Wildman–Crippen LogP) is 3.17. The van der Waals surface area contributed by atoms with Crippen LogP contribution >= 0.6 is 0 Å². The topological polar surface area (TPSA) is 98.8 Å². The molecule has 1 aromatic heterocycles. The molecule has 0 bridgehead atoms. The van der Waals surface area contributed by atoms with Crippen LogP contribution in [0.3, 0.4) is 0 Å². The van der Waals surface area contributed by atoms with Gasteiger partial charge in [0.2, 0.25) is 0 Å². The lowest BCUT2D eigenvalue weighted by Gasteiger charge is -2.00. The van der Waals surface area contributed by atoms with E-state index >= 15 is 0 Å². The molecule has 3 aromatic rings. The van der Waals surface area contributed by atoms with Crippen molar-refractivity contribution in [2.45, 2.75) is 6.92 Å². The van der Waals surface area contributed by atoms with Crippen molar-refractivity contribution in [3.05, 3.63) is 65.4 Å². The van der Waals surface area contributed by atoms with Crippen molar-refractivity contribution in [2.75, 3.05) is 0 Å². The van der Waals surface area contributed by atoms with Crippen molar-refractivity contribution in [1.82, 2.24) is 4.98 Å². The number of aromatic carboxylic acids is 1. The molecule has 0 saturated carbocycles. The fourth-order valence-corrected chi connectivity index (χ4v) is 2.04. The molecule has 24 heavy (non-hydrogen) atoms. The Balaban J connectivity index is 1.82. The molecule has 6 heteroatoms. The summed E-state index contributed by atoms with van der Waals surface area (Å²) < 4.78 is 5.14. The molecule has 0 aliphatic rings. The maximum absolute atomic E-state index is 11.8. The first-order valence-corrected chi connectivity index (χ1v) is 7.15. The van der Waals surface area contributed by atoms with Gasteiger partial charge in [0.25, 0.3) is 0 Å². The van der Waals surface area contributed by atoms with Gasteiger partial charge in [-0.15, -0.1) is 0 Å². The van der Waals surface area contributed by atoms with Gasteiger partial charge < -0.3 is 14.6 Å². The van der Waals surface area contributed by atoms with Gasteiger partial charge in [0.15, 0.2) is 0 Å². The molecule has 0 radical (unpaired) electrons. The Morgan fingerprint density at radius 2 is 1.83 bits per heavy atom. The van der Waals surface area contributed by atoms with E-state index in [1.54, 1.807) is 12.1 Å². The standard InChI is InChI=1S/C18H14N2O4/c1-11-2-4-12(5-3-11)16-20-15(18(23)24-16)10-19-14-8-6-13(7-9-14)17(21)22/h2-10,23H,1H3,(H,21,22)/p-1. The zero-order valence-electron chi connectivity index (χ0n) is 12.8. The van der Waals surface area contributed by atoms with Crippen molar-refractivity contribution in [2.24, 2.45) is 4.99 Å². The first-order chi connectivity index (χ1) is 11.5. The highest BCUT2D eigenvalue weighted by molar-refractivity contribution is 5.88. The van der Waals surface area contributed by atoms with Crippen LogP contribution in [0.5, 0.6) is 5.95 Å². The van der Waals surface area contributed by atoms with Crippen molar-refractivity contribution >= 4 is 17.9 Å². The molecule has 1 N–H and O–H groups in total. The van der Waals surface area contributed by atoms with Crippen LogP contribution in [0.25, 0.3) is 11.5 Å². The van der Waals surface area contributed by atoms with Gasteiger partial charge in [0, 0.05) is 5.56 Å². The number of aromatic nitrogens is 1. The van der Waals surface area contributed by atoms with Crippen LogP contribution in [0.4, 0.5) is 5.69 Å². The molecule has 1 heterocycles. The lowest BCUT2D eigenvalue weighted by atomic mass is 10.1. The van der Waals surface area contributed by atoms with E-state index in [9.17, 15) is 9.90 Å². The minimum absolute atomic E-state index is 0.0906. The van der Waals surface area contributed by atoms with Gasteiger partial charge in [-0.25, -0.2) is 9.78 Å². The van der Waals surface area contributed by atoms with Gasteiger partial charge in [-0.05, 0) is 31.2 Å². The van der Waals surface area contributed by atoms with E-state index in [4.69, 9.17) is 9.52 Å². The number of oxazole rings is 1. The van der Waals surface area contributed by atoms with Gasteiger partial charge in [-0.1, -0.05) is 29.8 Å². The van der Waals surface area contributed by atoms with Crippen LogP contribution in [0.1, 0.15) is 21.6 Å². The third kappa shape index (κ3) is 3.33. The minimum Gasteiger partial charge on any atom is -0.562 e. The molecular formula is C18H13N2O4-. The third-order valence-electron chi connectivity index (χ3n) is 3.37. The van der Waals surface area contributed by atoms with E-state index in [0.717, 1.165) is 5.56 Å². The number of hydrogen-bond acceptors (Lipinski definition) is 5. The number of hydrogen-bond donors (Lipinski definition) is 1. The second-order valence-corrected chi connectivity index (χ2v) is 5.17. The summed E-state index contributed by atoms with van der Waals surface area (Å²) in [7, 11) is 0. The molecule has 0 aliphatic carbocycles. The highest BCUT2D eigenvalue weighted by Gasteiger charge is 2.04. The van der Waals surface area contributed by atoms with Gasteiger partial charge in [-0.2, -0.15) is 0 Å². The summed E-state index contributed by atoms with van der Waals surface area (Å²) in [5.41, 5.74) is 2.58. The monoisotopic (exact) mass is 321 g/mol. The summed E-state index contributed by atoms with van der Waals surface area (Å²) in [4.78, 5) is 19.1. The largest absolute Gasteiger partial charge is 0.562 e. The first kappa shape index (κ1) is 15.5. The van der Waals surface area contributed by atoms with E-state index in [-0.39, 0.29) is 17.1 Å². The zero-order valence-corrected chi connectivity index (χ0v) is 12.8. The molecule has 6 nitrogen and oxygen atoms in total. The Hall–Kier alpha value is -3.41. The highest BCUT2D eigenvalue weighted by atomic mass is 16.5. The van der Waals surface area contributed by atoms with Crippen LogP contribution in [-0.4, -0.2) is 22.3 Å². The third-order valence-corrected chi connectivity index (χ3v) is 3.37. The molecule has 0 unspecified atom stereocenters. The summed E-state index contributed by atoms with van der Waals surface area (Å²) in [5.74, 6) is -1.34. The summed E-state index contributed by atoms with van der Waals surface area (Å²) in [6, 6.07) is 13.4. The Labute approximate surface area is 137 Å². The predicted molar refractivity (Wildman–Crippen MR) is 86.8 cm³/mol. The van der Waals surface area contributed by atoms with Crippen LogP contribution in [0, 0.1) is 6.92 Å². The molecule has 0 saturated heterocycles. The van der Waals surface area contributed by atoms with E-state index in [1.807, 2.05) is 31.2 Å². The van der Waals surface area contributed by atoms with Crippen molar-refractivity contribution < 1.29 is 19.4 Å². The Morgan fingerprint density at radius 3 is 2.46 bits per heavy atom. The molecule has 0 aliphatic heterocycles. The van der Waals surface area contributed by atoms with Crippen LogP contribution in [0.15, 0.2) is 57.9 Å². The van der Waals surface area contributed by atoms with E-state index in [2.05, 4.69) is 9.98 Å². The molecule has 0 atom stereocenters. The molecule has 3 rings (SSSR count). The van der Waals surface area contributed by atoms with Gasteiger partial charge >= 0.3 is 5.97 Å². The van der Waals surface area contributed by atoms with Crippen molar-refractivity contribution in [3.63, 3.8) is 0 Å². The van der Waals surface area contributed by atoms with Crippen molar-refractivity contribution in [3.8, 4) is 17.4 Å². The summed E-state index contributed by atoms with van der Waals surface area (Å²) in [5, 5.41) is 20.7. The molecule has 120 valence electrons. The Morgan fingerprint density at radius 1 is 1.17 bits per heavy atom. The average Bonchev–Trinajstić information content (AvgIpc) is 2.95. The molecule has 0 fully saturated rings. The van der Waals surface area contributed by atoms with E-state index in [0.29, 0.717) is 11.3 Å². The summed E-state index contributed by atoms with van der Waals surface area (Å²) in [6.45, 7) is 1.96. The van der Waals surface area contributed by atoms with Crippen LogP contribution in [0.2, 0.25) is 0 Å². The number of carboxylic acid groups (broad SMARTS) is 1. The lowest BCUT2D eigenvalue weighted by molar-refractivity contribution is -0.293. The number of benzene rings is 2. The summed E-state index contributed by atoms with van der Waals surface area (Å²) in [6.07, 6.45) is 1.30. The number of carbonyl (C=O) groups is 1. The van der Waals surface area contributed by atoms with Crippen molar-refractivity contribution in [1.29, 1.82) is 0 Å². The molecule has 2 aromatic carbocycles. The average molecular weight is 321 g/mol. The molecular weight excluding hydrogens is 308 g/mol. The number of aliphatic imine (C=N–C) groups is 1. The molecule has 0 amide bonds. The van der Waals surface area contributed by atoms with Gasteiger partial charge in [0.05, 0.1) is 23.4 Å². The first-order valence-electron chi connectivity index (χ1n) is 7.15. The van der Waals surface area contributed by atoms with Crippen LogP contribution in [-0.2, 0) is 0 Å². The SMILES string of the molecule is Cc1ccc(-c2nc(C=Nc3ccc(C(=O)O)cc3)c([O-])o2)cc1. The number of carboxylic acids is 1. The van der Waals surface area contributed by atoms with Crippen LogP contribution < -0.4 is 5.11 Å². The Bertz CT molecular complexity index is 894. The fraction of sp³-hybridized carbons (Fsp3) is 0.0556. The van der Waals surface area contributed by atoms with Gasteiger partial charge in [0.1, 0.15) is 11.6 Å². The second kappa shape index (κ2) is 6.37. The quantitative estimate of drug-likeness (QED) is 0.744. The zero-order chi connectivity index (χ0) is 17.1. The Kier molecular flexibility index (Phi) is 4.11. The summed E-state index contributed by atoms with van der Waals surface area (Å²) >= 11 is 0. The normalized spacial score (nSPS) is 11.0. The maximum Gasteiger partial charge on any atom is 0.335 e. The number of rotatable bonds is 4. The molecule has 0 spiro atoms. The van der Waals surface area contributed by atoms with E-state index in [1.165, 1.54) is 18.3 Å². The van der Waals surface area contributed by atoms with E-state index < -0.39 is 11.9 Å². The number of nitrogens with zero attached hydrogens (tertiary/aromatic N) is 2. The maximum atomic E-state index is 11.8. The fourth-order valence-electron chi connectivity index (χ4n) is 2.04. The smallest absolute Gasteiger partial charge is 0.335 e. The highest BCUT2D eigenvalue weighted by Crippen LogP contribution is 2.24. The minimum atomic E-state index is -1.01.